The van der Waals surface area contributed by atoms with Crippen molar-refractivity contribution in [2.24, 2.45) is 0 Å². The van der Waals surface area contributed by atoms with Gasteiger partial charge >= 0.3 is 6.61 Å². The van der Waals surface area contributed by atoms with E-state index in [4.69, 9.17) is 15.2 Å². The van der Waals surface area contributed by atoms with Crippen molar-refractivity contribution in [3.63, 3.8) is 0 Å². The van der Waals surface area contributed by atoms with Crippen molar-refractivity contribution in [1.82, 2.24) is 9.88 Å². The average molecular weight is 441 g/mol. The van der Waals surface area contributed by atoms with E-state index < -0.39 is 6.61 Å². The van der Waals surface area contributed by atoms with E-state index in [0.717, 1.165) is 27.6 Å². The first-order valence-electron chi connectivity index (χ1n) is 10.2. The summed E-state index contributed by atoms with van der Waals surface area (Å²) in [6.07, 6.45) is 0. The molecule has 2 aromatic carbocycles. The van der Waals surface area contributed by atoms with Gasteiger partial charge in [-0.1, -0.05) is 12.1 Å². The maximum Gasteiger partial charge on any atom is 0.387 e. The lowest BCUT2D eigenvalue weighted by atomic mass is 10.0. The average Bonchev–Trinajstić information content (AvgIpc) is 3.30. The number of carbonyl (C=O) groups is 1. The molecule has 0 spiro atoms. The number of hydrogen-bond acceptors (Lipinski definition) is 6. The van der Waals surface area contributed by atoms with Gasteiger partial charge in [0.25, 0.3) is 5.91 Å². The van der Waals surface area contributed by atoms with Crippen LogP contribution in [0.25, 0.3) is 10.9 Å². The summed E-state index contributed by atoms with van der Waals surface area (Å²) >= 11 is 0. The van der Waals surface area contributed by atoms with Crippen molar-refractivity contribution in [3.05, 3.63) is 64.7 Å². The number of nitrogen functional groups attached to an aromatic ring is 1. The van der Waals surface area contributed by atoms with Gasteiger partial charge in [0.2, 0.25) is 0 Å². The topological polar surface area (TPSA) is 86.9 Å². The predicted molar refractivity (Wildman–Crippen MR) is 112 cm³/mol. The number of benzene rings is 2. The van der Waals surface area contributed by atoms with Gasteiger partial charge in [0.1, 0.15) is 11.6 Å². The van der Waals surface area contributed by atoms with E-state index in [2.05, 4.69) is 9.72 Å². The minimum atomic E-state index is -2.89. The monoisotopic (exact) mass is 441 g/mol. The molecule has 3 heterocycles. The highest BCUT2D eigenvalue weighted by atomic mass is 19.3. The van der Waals surface area contributed by atoms with Crippen molar-refractivity contribution in [2.75, 3.05) is 25.5 Å². The number of pyridine rings is 1. The molecule has 5 rings (SSSR count). The number of nitrogens with zero attached hydrogens (tertiary/aromatic N) is 2. The molecule has 2 aliphatic rings. The predicted octanol–water partition coefficient (Wildman–Crippen LogP) is 3.66. The number of hydrogen-bond donors (Lipinski definition) is 1. The first-order chi connectivity index (χ1) is 15.5. The molecule has 0 radical (unpaired) electrons. The van der Waals surface area contributed by atoms with Crippen molar-refractivity contribution < 1.29 is 27.8 Å². The minimum absolute atomic E-state index is 0.0655. The van der Waals surface area contributed by atoms with Crippen LogP contribution in [0.3, 0.4) is 0 Å². The van der Waals surface area contributed by atoms with Gasteiger partial charge in [0.15, 0.2) is 0 Å². The van der Waals surface area contributed by atoms with Crippen molar-refractivity contribution >= 4 is 22.6 Å². The third-order valence-corrected chi connectivity index (χ3v) is 5.86. The van der Waals surface area contributed by atoms with Gasteiger partial charge in [-0.2, -0.15) is 8.78 Å². The largest absolute Gasteiger partial charge is 0.435 e. The smallest absolute Gasteiger partial charge is 0.387 e. The molecule has 1 atom stereocenters. The number of alkyl halides is 2. The maximum absolute atomic E-state index is 13.5. The SMILES string of the molecule is Nc1nc2ccc(C(=O)N3CCOCC3c3ccc(OC(F)F)cc3)cc2c2c1COC2. The van der Waals surface area contributed by atoms with Crippen LogP contribution in [0.15, 0.2) is 42.5 Å². The Labute approximate surface area is 182 Å². The molecule has 9 heteroatoms. The van der Waals surface area contributed by atoms with Crippen LogP contribution in [0.4, 0.5) is 14.6 Å². The van der Waals surface area contributed by atoms with Crippen LogP contribution in [-0.2, 0) is 22.7 Å². The molecular weight excluding hydrogens is 420 g/mol. The van der Waals surface area contributed by atoms with Crippen LogP contribution in [0.2, 0.25) is 0 Å². The van der Waals surface area contributed by atoms with E-state index in [1.807, 2.05) is 6.07 Å². The molecule has 2 N–H and O–H groups in total. The zero-order valence-electron chi connectivity index (χ0n) is 17.1. The Morgan fingerprint density at radius 3 is 2.69 bits per heavy atom. The molecule has 0 bridgehead atoms. The molecule has 3 aromatic rings. The highest BCUT2D eigenvalue weighted by molar-refractivity contribution is 5.99. The lowest BCUT2D eigenvalue weighted by Crippen LogP contribution is -2.43. The zero-order chi connectivity index (χ0) is 22.2. The Kier molecular flexibility index (Phi) is 5.36. The van der Waals surface area contributed by atoms with Crippen molar-refractivity contribution in [2.45, 2.75) is 25.9 Å². The zero-order valence-corrected chi connectivity index (χ0v) is 17.1. The molecule has 7 nitrogen and oxygen atoms in total. The normalized spacial score (nSPS) is 18.2. The number of amides is 1. The summed E-state index contributed by atoms with van der Waals surface area (Å²) in [7, 11) is 0. The summed E-state index contributed by atoms with van der Waals surface area (Å²) in [4.78, 5) is 19.7. The number of aromatic nitrogens is 1. The number of rotatable bonds is 4. The quantitative estimate of drug-likeness (QED) is 0.665. The van der Waals surface area contributed by atoms with Gasteiger partial charge in [0.05, 0.1) is 38.0 Å². The molecule has 1 amide bonds. The first-order valence-corrected chi connectivity index (χ1v) is 10.2. The molecule has 0 saturated carbocycles. The Balaban J connectivity index is 1.45. The van der Waals surface area contributed by atoms with E-state index in [9.17, 15) is 13.6 Å². The second-order valence-corrected chi connectivity index (χ2v) is 7.72. The van der Waals surface area contributed by atoms with Crippen LogP contribution in [0.5, 0.6) is 5.75 Å². The third kappa shape index (κ3) is 3.74. The van der Waals surface area contributed by atoms with E-state index in [0.29, 0.717) is 44.4 Å². The summed E-state index contributed by atoms with van der Waals surface area (Å²) in [5.41, 5.74) is 9.91. The van der Waals surface area contributed by atoms with Crippen LogP contribution < -0.4 is 10.5 Å². The molecule has 32 heavy (non-hydrogen) atoms. The number of ether oxygens (including phenoxy) is 3. The van der Waals surface area contributed by atoms with Crippen LogP contribution >= 0.6 is 0 Å². The Bertz CT molecular complexity index is 1170. The van der Waals surface area contributed by atoms with E-state index in [1.54, 1.807) is 29.2 Å². The summed E-state index contributed by atoms with van der Waals surface area (Å²) in [5, 5.41) is 0.857. The fourth-order valence-electron chi connectivity index (χ4n) is 4.26. The van der Waals surface area contributed by atoms with Gasteiger partial charge in [-0.3, -0.25) is 4.79 Å². The standard InChI is InChI=1S/C23H21F2N3O4/c24-23(25)32-15-4-1-13(2-5-15)20-12-30-8-7-28(20)22(29)14-3-6-19-16(9-14)17-10-31-11-18(17)21(26)27-19/h1-6,9,20,23H,7-8,10-12H2,(H2,26,27). The lowest BCUT2D eigenvalue weighted by molar-refractivity contribution is -0.0498. The summed E-state index contributed by atoms with van der Waals surface area (Å²) in [6, 6.07) is 11.3. The molecule has 0 aliphatic carbocycles. The highest BCUT2D eigenvalue weighted by Gasteiger charge is 2.30. The maximum atomic E-state index is 13.5. The Hall–Kier alpha value is -3.30. The van der Waals surface area contributed by atoms with Crippen LogP contribution in [0, 0.1) is 0 Å². The summed E-state index contributed by atoms with van der Waals surface area (Å²) in [6.45, 7) is -0.888. The number of fused-ring (bicyclic) bond motifs is 3. The fourth-order valence-corrected chi connectivity index (χ4v) is 4.26. The van der Waals surface area contributed by atoms with Gasteiger partial charge < -0.3 is 24.8 Å². The van der Waals surface area contributed by atoms with Gasteiger partial charge in [-0.05, 0) is 41.5 Å². The minimum Gasteiger partial charge on any atom is -0.435 e. The summed E-state index contributed by atoms with van der Waals surface area (Å²) < 4.78 is 40.4. The number of halogens is 2. The molecule has 1 unspecified atom stereocenters. The van der Waals surface area contributed by atoms with Crippen molar-refractivity contribution in [3.8, 4) is 5.75 Å². The third-order valence-electron chi connectivity index (χ3n) is 5.86. The summed E-state index contributed by atoms with van der Waals surface area (Å²) in [5.74, 6) is 0.380. The van der Waals surface area contributed by atoms with Crippen molar-refractivity contribution in [1.29, 1.82) is 0 Å². The molecule has 166 valence electrons. The Morgan fingerprint density at radius 2 is 1.91 bits per heavy atom. The second kappa shape index (κ2) is 8.33. The molecule has 1 aromatic heterocycles. The van der Waals surface area contributed by atoms with Crippen LogP contribution in [0.1, 0.15) is 33.1 Å². The van der Waals surface area contributed by atoms with E-state index >= 15 is 0 Å². The number of anilines is 1. The number of morpholine rings is 1. The van der Waals surface area contributed by atoms with Gasteiger partial charge in [-0.25, -0.2) is 4.98 Å². The lowest BCUT2D eigenvalue weighted by Gasteiger charge is -2.36. The number of nitrogens with two attached hydrogens (primary N) is 1. The van der Waals surface area contributed by atoms with E-state index in [-0.39, 0.29) is 17.7 Å². The van der Waals surface area contributed by atoms with Gasteiger partial charge in [0, 0.05) is 23.1 Å². The fraction of sp³-hybridized carbons (Fsp3) is 0.304. The first kappa shape index (κ1) is 20.6. The van der Waals surface area contributed by atoms with Crippen LogP contribution in [-0.4, -0.2) is 42.2 Å². The molecule has 1 saturated heterocycles. The highest BCUT2D eigenvalue weighted by Crippen LogP contribution is 2.33. The molecular formula is C23H21F2N3O4. The Morgan fingerprint density at radius 1 is 1.12 bits per heavy atom. The molecule has 2 aliphatic heterocycles. The van der Waals surface area contributed by atoms with Gasteiger partial charge in [-0.15, -0.1) is 0 Å². The second-order valence-electron chi connectivity index (χ2n) is 7.72. The molecule has 1 fully saturated rings. The van der Waals surface area contributed by atoms with E-state index in [1.165, 1.54) is 12.1 Å². The number of carbonyl (C=O) groups excluding carboxylic acids is 1.